The van der Waals surface area contributed by atoms with Crippen molar-refractivity contribution in [3.05, 3.63) is 115 Å². The number of rotatable bonds is 3. The van der Waals surface area contributed by atoms with Crippen molar-refractivity contribution in [2.45, 2.75) is 0 Å². The molecule has 0 radical (unpaired) electrons. The lowest BCUT2D eigenvalue weighted by Gasteiger charge is -2.11. The largest absolute Gasteiger partial charge is 0.456 e. The van der Waals surface area contributed by atoms with Crippen LogP contribution in [0.3, 0.4) is 0 Å². The minimum atomic E-state index is -0.722. The standard InChI is InChI=1S/C30H21NOSi/c1-2-10-21(11-3-1)33-29-19-20(18-25-24-14-6-9-17-28(24)32-30(25)29)31-26-15-7-4-12-22(26)23-13-5-8-16-27(23)31/h1-19H,33H2. The van der Waals surface area contributed by atoms with Crippen LogP contribution in [0.4, 0.5) is 0 Å². The molecule has 0 atom stereocenters. The summed E-state index contributed by atoms with van der Waals surface area (Å²) in [6.45, 7) is 0. The molecule has 0 bridgehead atoms. The minimum absolute atomic E-state index is 0.722. The van der Waals surface area contributed by atoms with Crippen molar-refractivity contribution in [2.24, 2.45) is 0 Å². The van der Waals surface area contributed by atoms with Crippen LogP contribution in [0.2, 0.25) is 0 Å². The first-order valence-corrected chi connectivity index (χ1v) is 12.7. The molecule has 7 rings (SSSR count). The van der Waals surface area contributed by atoms with Gasteiger partial charge in [-0.1, -0.05) is 90.1 Å². The van der Waals surface area contributed by atoms with Crippen molar-refractivity contribution in [1.29, 1.82) is 0 Å². The minimum Gasteiger partial charge on any atom is -0.456 e. The molecule has 0 N–H and O–H groups in total. The molecule has 2 nitrogen and oxygen atoms in total. The number of benzene rings is 5. The van der Waals surface area contributed by atoms with E-state index in [2.05, 4.69) is 114 Å². The number of hydrogen-bond donors (Lipinski definition) is 0. The zero-order valence-corrected chi connectivity index (χ0v) is 19.4. The van der Waals surface area contributed by atoms with Gasteiger partial charge in [-0.05, 0) is 35.5 Å². The third kappa shape index (κ3) is 2.86. The number of furan rings is 1. The molecule has 0 spiro atoms. The van der Waals surface area contributed by atoms with Gasteiger partial charge in [0.05, 0.1) is 20.6 Å². The lowest BCUT2D eigenvalue weighted by atomic mass is 10.1. The Kier molecular flexibility index (Phi) is 4.05. The van der Waals surface area contributed by atoms with E-state index < -0.39 is 9.52 Å². The van der Waals surface area contributed by atoms with E-state index in [1.165, 1.54) is 48.6 Å². The molecule has 0 saturated carbocycles. The van der Waals surface area contributed by atoms with E-state index in [9.17, 15) is 0 Å². The molecule has 7 aromatic rings. The van der Waals surface area contributed by atoms with Crippen LogP contribution < -0.4 is 10.4 Å². The second kappa shape index (κ2) is 7.22. The fourth-order valence-electron chi connectivity index (χ4n) is 5.16. The zero-order chi connectivity index (χ0) is 21.8. The summed E-state index contributed by atoms with van der Waals surface area (Å²) in [7, 11) is -0.722. The van der Waals surface area contributed by atoms with Crippen LogP contribution in [0.25, 0.3) is 49.4 Å². The van der Waals surface area contributed by atoms with E-state index in [4.69, 9.17) is 4.42 Å². The molecule has 0 saturated heterocycles. The van der Waals surface area contributed by atoms with Gasteiger partial charge < -0.3 is 8.98 Å². The lowest BCUT2D eigenvalue weighted by Crippen LogP contribution is -2.27. The van der Waals surface area contributed by atoms with E-state index in [1.54, 1.807) is 0 Å². The number of aromatic nitrogens is 1. The number of para-hydroxylation sites is 3. The van der Waals surface area contributed by atoms with Crippen LogP contribution in [0.15, 0.2) is 120 Å². The fourth-order valence-corrected chi connectivity index (χ4v) is 6.84. The van der Waals surface area contributed by atoms with Gasteiger partial charge in [-0.3, -0.25) is 0 Å². The molecule has 2 aromatic heterocycles. The summed E-state index contributed by atoms with van der Waals surface area (Å²) in [5.41, 5.74) is 5.66. The molecule has 2 heterocycles. The van der Waals surface area contributed by atoms with Crippen LogP contribution in [0.5, 0.6) is 0 Å². The molecule has 0 amide bonds. The van der Waals surface area contributed by atoms with Gasteiger partial charge in [-0.15, -0.1) is 0 Å². The van der Waals surface area contributed by atoms with Crippen molar-refractivity contribution < 1.29 is 4.42 Å². The summed E-state index contributed by atoms with van der Waals surface area (Å²) in [5, 5.41) is 7.70. The summed E-state index contributed by atoms with van der Waals surface area (Å²) >= 11 is 0. The van der Waals surface area contributed by atoms with Gasteiger partial charge >= 0.3 is 0 Å². The van der Waals surface area contributed by atoms with Gasteiger partial charge in [0, 0.05) is 27.2 Å². The highest BCUT2D eigenvalue weighted by atomic mass is 28.2. The van der Waals surface area contributed by atoms with Gasteiger partial charge in [0.1, 0.15) is 11.2 Å². The van der Waals surface area contributed by atoms with Crippen LogP contribution >= 0.6 is 0 Å². The molecule has 156 valence electrons. The first-order chi connectivity index (χ1) is 16.4. The van der Waals surface area contributed by atoms with Gasteiger partial charge in [-0.25, -0.2) is 0 Å². The Labute approximate surface area is 193 Å². The second-order valence-electron chi connectivity index (χ2n) is 8.61. The van der Waals surface area contributed by atoms with Crippen LogP contribution in [-0.4, -0.2) is 14.1 Å². The average molecular weight is 440 g/mol. The van der Waals surface area contributed by atoms with E-state index >= 15 is 0 Å². The molecule has 3 heteroatoms. The molecule has 33 heavy (non-hydrogen) atoms. The second-order valence-corrected chi connectivity index (χ2v) is 10.5. The van der Waals surface area contributed by atoms with Gasteiger partial charge in [-0.2, -0.15) is 0 Å². The van der Waals surface area contributed by atoms with Crippen molar-refractivity contribution in [3.8, 4) is 5.69 Å². The average Bonchev–Trinajstić information content (AvgIpc) is 3.41. The first-order valence-electron chi connectivity index (χ1n) is 11.3. The summed E-state index contributed by atoms with van der Waals surface area (Å²) in [6, 6.07) is 41.3. The van der Waals surface area contributed by atoms with Crippen molar-refractivity contribution in [2.75, 3.05) is 0 Å². The molecule has 0 aliphatic heterocycles. The Balaban J connectivity index is 1.58. The third-order valence-electron chi connectivity index (χ3n) is 6.62. The number of hydrogen-bond acceptors (Lipinski definition) is 1. The molecule has 0 aliphatic carbocycles. The summed E-state index contributed by atoms with van der Waals surface area (Å²) < 4.78 is 8.84. The summed E-state index contributed by atoms with van der Waals surface area (Å²) in [5.74, 6) is 0. The normalized spacial score (nSPS) is 12.1. The predicted molar refractivity (Wildman–Crippen MR) is 142 cm³/mol. The van der Waals surface area contributed by atoms with Crippen LogP contribution in [0, 0.1) is 0 Å². The van der Waals surface area contributed by atoms with Crippen LogP contribution in [0.1, 0.15) is 0 Å². The Morgan fingerprint density at radius 2 is 1.15 bits per heavy atom. The van der Waals surface area contributed by atoms with Crippen molar-refractivity contribution in [1.82, 2.24) is 4.57 Å². The Bertz CT molecular complexity index is 1740. The lowest BCUT2D eigenvalue weighted by molar-refractivity contribution is 0.671. The molecule has 0 unspecified atom stereocenters. The highest BCUT2D eigenvalue weighted by Gasteiger charge is 2.17. The number of fused-ring (bicyclic) bond motifs is 6. The maximum absolute atomic E-state index is 6.43. The van der Waals surface area contributed by atoms with Crippen molar-refractivity contribution >= 4 is 63.6 Å². The highest BCUT2D eigenvalue weighted by Crippen LogP contribution is 2.34. The van der Waals surface area contributed by atoms with E-state index in [0.29, 0.717) is 0 Å². The van der Waals surface area contributed by atoms with Gasteiger partial charge in [0.2, 0.25) is 0 Å². The fraction of sp³-hybridized carbons (Fsp3) is 0. The van der Waals surface area contributed by atoms with Crippen molar-refractivity contribution in [3.63, 3.8) is 0 Å². The van der Waals surface area contributed by atoms with Crippen LogP contribution in [-0.2, 0) is 0 Å². The summed E-state index contributed by atoms with van der Waals surface area (Å²) in [4.78, 5) is 0. The Morgan fingerprint density at radius 3 is 1.88 bits per heavy atom. The maximum Gasteiger partial charge on any atom is 0.135 e. The molecular formula is C30H21NOSi. The molecule has 0 aliphatic rings. The number of nitrogens with zero attached hydrogens (tertiary/aromatic N) is 1. The van der Waals surface area contributed by atoms with Gasteiger partial charge in [0.15, 0.2) is 0 Å². The van der Waals surface area contributed by atoms with Gasteiger partial charge in [0.25, 0.3) is 0 Å². The first kappa shape index (κ1) is 18.5. The van der Waals surface area contributed by atoms with E-state index in [1.807, 2.05) is 6.07 Å². The predicted octanol–water partition coefficient (Wildman–Crippen LogP) is 5.80. The van der Waals surface area contributed by atoms with E-state index in [-0.39, 0.29) is 0 Å². The zero-order valence-electron chi connectivity index (χ0n) is 18.0. The molecule has 0 fully saturated rings. The SMILES string of the molecule is c1ccc([SiH2]c2cc(-n3c4ccccc4c4ccccc43)cc3c2oc2ccccc23)cc1. The Hall–Kier alpha value is -4.08. The maximum atomic E-state index is 6.43. The molecular weight excluding hydrogens is 418 g/mol. The smallest absolute Gasteiger partial charge is 0.135 e. The highest BCUT2D eigenvalue weighted by molar-refractivity contribution is 6.69. The third-order valence-corrected chi connectivity index (χ3v) is 8.40. The quantitative estimate of drug-likeness (QED) is 0.318. The topological polar surface area (TPSA) is 18.1 Å². The molecule has 5 aromatic carbocycles. The summed E-state index contributed by atoms with van der Waals surface area (Å²) in [6.07, 6.45) is 0. The Morgan fingerprint density at radius 1 is 0.545 bits per heavy atom. The monoisotopic (exact) mass is 439 g/mol. The van der Waals surface area contributed by atoms with E-state index in [0.717, 1.165) is 11.2 Å².